The zero-order chi connectivity index (χ0) is 28.9. The van der Waals surface area contributed by atoms with Crippen LogP contribution < -0.4 is 9.47 Å². The van der Waals surface area contributed by atoms with Crippen LogP contribution in [-0.4, -0.2) is 81.1 Å². The summed E-state index contributed by atoms with van der Waals surface area (Å²) in [6.07, 6.45) is 3.58. The third kappa shape index (κ3) is 4.44. The van der Waals surface area contributed by atoms with Crippen LogP contribution in [0.3, 0.4) is 0 Å². The normalized spacial score (nSPS) is 23.4. The number of carbonyl (C=O) groups is 2. The Labute approximate surface area is 241 Å². The quantitative estimate of drug-likeness (QED) is 0.459. The molecule has 3 atom stereocenters. The Bertz CT molecular complexity index is 1340. The summed E-state index contributed by atoms with van der Waals surface area (Å²) < 4.78 is 13.2. The lowest BCUT2D eigenvalue weighted by atomic mass is 9.88. The predicted molar refractivity (Wildman–Crippen MR) is 156 cm³/mol. The van der Waals surface area contributed by atoms with E-state index in [2.05, 4.69) is 25.0 Å². The number of benzene rings is 1. The number of allylic oxidation sites excluding steroid dienone is 1. The Morgan fingerprint density at radius 3 is 2.62 bits per heavy atom. The number of likely N-dealkylation sites (N-methyl/N-ethyl adjacent to an activating group) is 1. The molecule has 0 bridgehead atoms. The van der Waals surface area contributed by atoms with Gasteiger partial charge in [0.15, 0.2) is 0 Å². The molecule has 3 aliphatic heterocycles. The molecule has 40 heavy (non-hydrogen) atoms. The largest absolute Gasteiger partial charge is 0.497 e. The van der Waals surface area contributed by atoms with Crippen LogP contribution >= 0.6 is 11.8 Å². The monoisotopic (exact) mass is 567 g/mol. The summed E-state index contributed by atoms with van der Waals surface area (Å²) in [6.45, 7) is 12.6. The number of thioether (sulfide) groups is 1. The molecule has 5 rings (SSSR count). The second-order valence-corrected chi connectivity index (χ2v) is 12.3. The van der Waals surface area contributed by atoms with E-state index in [0.29, 0.717) is 44.8 Å². The van der Waals surface area contributed by atoms with Gasteiger partial charge in [-0.15, -0.1) is 0 Å². The minimum absolute atomic E-state index is 0.00256. The maximum absolute atomic E-state index is 13.8. The van der Waals surface area contributed by atoms with Crippen molar-refractivity contribution in [2.75, 3.05) is 33.9 Å². The average molecular weight is 568 g/mol. The number of rotatable bonds is 8. The van der Waals surface area contributed by atoms with E-state index in [1.54, 1.807) is 26.0 Å². The van der Waals surface area contributed by atoms with Crippen LogP contribution in [0.5, 0.6) is 11.5 Å². The highest BCUT2D eigenvalue weighted by Gasteiger charge is 2.51. The Balaban J connectivity index is 1.41. The maximum Gasteiger partial charge on any atom is 0.325 e. The van der Waals surface area contributed by atoms with Gasteiger partial charge in [0.2, 0.25) is 5.91 Å². The summed E-state index contributed by atoms with van der Waals surface area (Å²) in [4.78, 5) is 33.4. The Morgan fingerprint density at radius 2 is 2.00 bits per heavy atom. The van der Waals surface area contributed by atoms with Crippen LogP contribution in [-0.2, 0) is 24.8 Å². The smallest absolute Gasteiger partial charge is 0.325 e. The van der Waals surface area contributed by atoms with Crippen molar-refractivity contribution >= 4 is 23.7 Å². The van der Waals surface area contributed by atoms with Gasteiger partial charge in [0, 0.05) is 55.5 Å². The third-order valence-corrected chi connectivity index (χ3v) is 10.2. The Kier molecular flexibility index (Phi) is 7.58. The molecule has 2 aromatic rings. The number of ether oxygens (including phenoxy) is 2. The molecule has 9 nitrogen and oxygen atoms in total. The van der Waals surface area contributed by atoms with E-state index in [9.17, 15) is 9.59 Å². The molecule has 0 N–H and O–H groups in total. The standard InChI is InChI=1S/C30H41N5O4S/c1-9-33(27(36)24-16-22-19(4)31-32(6)28(22)40-24)12-11-30(5)25-13-18(3)26-20(14-21(38-7)15-23(26)39-8)17-34(25)29(37)35(30)10-2/h13-15,18,24H,9-12,16-17H2,1-8H3/t18-,24?,30?/m1/s1. The molecule has 0 radical (unpaired) electrons. The molecule has 1 aromatic carbocycles. The minimum atomic E-state index is -0.542. The van der Waals surface area contributed by atoms with Crippen molar-refractivity contribution in [3.05, 3.63) is 46.3 Å². The summed E-state index contributed by atoms with van der Waals surface area (Å²) in [5, 5.41) is 5.47. The van der Waals surface area contributed by atoms with E-state index in [4.69, 9.17) is 9.47 Å². The van der Waals surface area contributed by atoms with Gasteiger partial charge in [-0.2, -0.15) is 5.10 Å². The molecule has 4 heterocycles. The third-order valence-electron chi connectivity index (χ3n) is 8.83. The number of hydrogen-bond donors (Lipinski definition) is 0. The fourth-order valence-corrected chi connectivity index (χ4v) is 8.02. The highest BCUT2D eigenvalue weighted by Crippen LogP contribution is 2.46. The Hall–Kier alpha value is -3.14. The fourth-order valence-electron chi connectivity index (χ4n) is 6.68. The number of nitrogens with zero attached hydrogens (tertiary/aromatic N) is 5. The van der Waals surface area contributed by atoms with Crippen LogP contribution in [0.25, 0.3) is 0 Å². The van der Waals surface area contributed by atoms with E-state index in [-0.39, 0.29) is 23.1 Å². The van der Waals surface area contributed by atoms with E-state index in [0.717, 1.165) is 33.3 Å². The summed E-state index contributed by atoms with van der Waals surface area (Å²) in [5.74, 6) is 1.67. The van der Waals surface area contributed by atoms with Crippen molar-refractivity contribution in [2.45, 2.75) is 75.7 Å². The minimum Gasteiger partial charge on any atom is -0.497 e. The van der Waals surface area contributed by atoms with Gasteiger partial charge >= 0.3 is 6.03 Å². The first-order valence-electron chi connectivity index (χ1n) is 14.1. The molecular weight excluding hydrogens is 526 g/mol. The van der Waals surface area contributed by atoms with Crippen molar-refractivity contribution in [3.8, 4) is 11.5 Å². The van der Waals surface area contributed by atoms with Crippen molar-refractivity contribution in [3.63, 3.8) is 0 Å². The lowest BCUT2D eigenvalue weighted by Crippen LogP contribution is -2.47. The van der Waals surface area contributed by atoms with Crippen LogP contribution in [0.1, 0.15) is 62.4 Å². The van der Waals surface area contributed by atoms with Crippen LogP contribution in [0, 0.1) is 6.92 Å². The zero-order valence-electron chi connectivity index (χ0n) is 24.9. The number of amides is 3. The fraction of sp³-hybridized carbons (Fsp3) is 0.567. The number of aromatic nitrogens is 2. The van der Waals surface area contributed by atoms with Gasteiger partial charge in [-0.25, -0.2) is 4.79 Å². The first-order chi connectivity index (χ1) is 19.1. The van der Waals surface area contributed by atoms with Gasteiger partial charge in [0.05, 0.1) is 42.3 Å². The first kappa shape index (κ1) is 28.4. The van der Waals surface area contributed by atoms with Crippen LogP contribution in [0.15, 0.2) is 28.9 Å². The molecule has 0 saturated carbocycles. The maximum atomic E-state index is 13.8. The highest BCUT2D eigenvalue weighted by molar-refractivity contribution is 8.00. The number of methoxy groups -OCH3 is 2. The van der Waals surface area contributed by atoms with E-state index in [1.165, 1.54) is 5.56 Å². The summed E-state index contributed by atoms with van der Waals surface area (Å²) in [6, 6.07) is 3.92. The highest BCUT2D eigenvalue weighted by atomic mass is 32.2. The van der Waals surface area contributed by atoms with Crippen molar-refractivity contribution in [1.82, 2.24) is 24.5 Å². The summed E-state index contributed by atoms with van der Waals surface area (Å²) in [5.41, 5.74) is 4.75. The molecule has 3 amide bonds. The van der Waals surface area contributed by atoms with Crippen molar-refractivity contribution in [2.24, 2.45) is 7.05 Å². The Morgan fingerprint density at radius 1 is 1.25 bits per heavy atom. The molecule has 1 saturated heterocycles. The van der Waals surface area contributed by atoms with Gasteiger partial charge in [-0.05, 0) is 52.2 Å². The SMILES string of the molecule is CCN(CCC1(C)C2=C[C@@H](C)c3c(cc(OC)cc3OC)CN2C(=O)N1CC)C(=O)C1Cc2c(C)nn(C)c2S1. The molecule has 10 heteroatoms. The number of hydrogen-bond acceptors (Lipinski definition) is 6. The van der Waals surface area contributed by atoms with E-state index < -0.39 is 5.54 Å². The van der Waals surface area contributed by atoms with Gasteiger partial charge in [-0.1, -0.05) is 24.8 Å². The molecule has 216 valence electrons. The number of urea groups is 1. The molecular formula is C30H41N5O4S. The zero-order valence-corrected chi connectivity index (χ0v) is 25.7. The number of aryl methyl sites for hydroxylation is 2. The van der Waals surface area contributed by atoms with Crippen molar-refractivity contribution < 1.29 is 19.1 Å². The van der Waals surface area contributed by atoms with Crippen LogP contribution in [0.4, 0.5) is 4.79 Å². The molecule has 3 aliphatic rings. The summed E-state index contributed by atoms with van der Waals surface area (Å²) in [7, 11) is 5.26. The summed E-state index contributed by atoms with van der Waals surface area (Å²) >= 11 is 1.62. The number of fused-ring (bicyclic) bond motifs is 3. The second kappa shape index (κ2) is 10.7. The van der Waals surface area contributed by atoms with Gasteiger partial charge < -0.3 is 19.3 Å². The lowest BCUT2D eigenvalue weighted by Gasteiger charge is -2.36. The van der Waals surface area contributed by atoms with Crippen molar-refractivity contribution in [1.29, 1.82) is 0 Å². The van der Waals surface area contributed by atoms with Gasteiger partial charge in [0.1, 0.15) is 11.5 Å². The molecule has 0 spiro atoms. The second-order valence-electron chi connectivity index (χ2n) is 11.1. The van der Waals surface area contributed by atoms with Gasteiger partial charge in [-0.3, -0.25) is 14.4 Å². The van der Waals surface area contributed by atoms with Gasteiger partial charge in [0.25, 0.3) is 0 Å². The van der Waals surface area contributed by atoms with E-state index >= 15 is 0 Å². The number of carbonyl (C=O) groups excluding carboxylic acids is 2. The molecule has 1 aromatic heterocycles. The molecule has 2 unspecified atom stereocenters. The first-order valence-corrected chi connectivity index (χ1v) is 15.0. The molecule has 0 aliphatic carbocycles. The van der Waals surface area contributed by atoms with Crippen LogP contribution in [0.2, 0.25) is 0 Å². The topological polar surface area (TPSA) is 80.1 Å². The van der Waals surface area contributed by atoms with E-state index in [1.807, 2.05) is 59.3 Å². The molecule has 1 fully saturated rings. The lowest BCUT2D eigenvalue weighted by molar-refractivity contribution is -0.130. The average Bonchev–Trinajstić information content (AvgIpc) is 3.51. The predicted octanol–water partition coefficient (Wildman–Crippen LogP) is 4.72.